The summed E-state index contributed by atoms with van der Waals surface area (Å²) in [5.41, 5.74) is 0. The van der Waals surface area contributed by atoms with Crippen molar-refractivity contribution in [3.63, 3.8) is 0 Å². The van der Waals surface area contributed by atoms with Crippen molar-refractivity contribution in [2.75, 3.05) is 13.2 Å². The topological polar surface area (TPSA) is 95.9 Å². The van der Waals surface area contributed by atoms with Crippen LogP contribution in [0.5, 0.6) is 0 Å². The number of carbonyl (C=O) groups excluding carboxylic acids is 2. The van der Waals surface area contributed by atoms with E-state index in [4.69, 9.17) is 4.74 Å². The van der Waals surface area contributed by atoms with Crippen molar-refractivity contribution in [2.45, 2.75) is 366 Å². The lowest BCUT2D eigenvalue weighted by atomic mass is 10.0. The lowest BCUT2D eigenvalue weighted by Crippen LogP contribution is -2.45. The number of hydrogen-bond donors (Lipinski definition) is 3. The monoisotopic (exact) mass is 1030 g/mol. The van der Waals surface area contributed by atoms with Gasteiger partial charge in [0.1, 0.15) is 0 Å². The molecule has 0 aliphatic carbocycles. The summed E-state index contributed by atoms with van der Waals surface area (Å²) < 4.78 is 5.46. The van der Waals surface area contributed by atoms with Crippen LogP contribution in [0.25, 0.3) is 0 Å². The van der Waals surface area contributed by atoms with Crippen LogP contribution in [0.3, 0.4) is 0 Å². The minimum absolute atomic E-state index is 0.00201. The Balaban J connectivity index is 3.44. The van der Waals surface area contributed by atoms with Crippen molar-refractivity contribution in [1.82, 2.24) is 5.32 Å². The zero-order chi connectivity index (χ0) is 52.9. The van der Waals surface area contributed by atoms with E-state index in [2.05, 4.69) is 43.5 Å². The molecule has 2 atom stereocenters. The quantitative estimate of drug-likeness (QED) is 0.0320. The third kappa shape index (κ3) is 59.2. The Morgan fingerprint density at radius 2 is 0.658 bits per heavy atom. The van der Waals surface area contributed by atoms with Gasteiger partial charge in [0.25, 0.3) is 0 Å². The van der Waals surface area contributed by atoms with E-state index >= 15 is 0 Å². The van der Waals surface area contributed by atoms with Crippen molar-refractivity contribution in [1.29, 1.82) is 0 Å². The third-order valence-corrected chi connectivity index (χ3v) is 15.1. The molecule has 3 N–H and O–H groups in total. The van der Waals surface area contributed by atoms with Gasteiger partial charge in [-0.1, -0.05) is 301 Å². The molecule has 0 saturated carbocycles. The summed E-state index contributed by atoms with van der Waals surface area (Å²) in [6.07, 6.45) is 79.1. The number of hydrogen-bond acceptors (Lipinski definition) is 5. The van der Waals surface area contributed by atoms with E-state index in [1.54, 1.807) is 6.08 Å². The Labute approximate surface area is 455 Å². The second-order valence-electron chi connectivity index (χ2n) is 22.4. The molecule has 0 spiro atoms. The summed E-state index contributed by atoms with van der Waals surface area (Å²) in [5.74, 6) is -0.0663. The number of aliphatic hydroxyl groups is 2. The number of ether oxygens (including phenoxy) is 1. The van der Waals surface area contributed by atoms with Gasteiger partial charge in [0.15, 0.2) is 0 Å². The van der Waals surface area contributed by atoms with Gasteiger partial charge in [-0.2, -0.15) is 0 Å². The van der Waals surface area contributed by atoms with Crippen LogP contribution in [0.4, 0.5) is 0 Å². The van der Waals surface area contributed by atoms with Crippen molar-refractivity contribution < 1.29 is 24.5 Å². The van der Waals surface area contributed by atoms with Gasteiger partial charge in [-0.25, -0.2) is 0 Å². The van der Waals surface area contributed by atoms with Crippen LogP contribution in [-0.4, -0.2) is 47.4 Å². The first-order chi connectivity index (χ1) is 36.0. The van der Waals surface area contributed by atoms with Gasteiger partial charge in [-0.15, -0.1) is 0 Å². The first kappa shape index (κ1) is 71.1. The second kappa shape index (κ2) is 62.6. The molecule has 6 heteroatoms. The molecule has 0 bridgehead atoms. The van der Waals surface area contributed by atoms with Crippen LogP contribution in [-0.2, 0) is 14.3 Å². The minimum Gasteiger partial charge on any atom is -0.466 e. The van der Waals surface area contributed by atoms with Crippen molar-refractivity contribution in [2.24, 2.45) is 0 Å². The van der Waals surface area contributed by atoms with E-state index in [0.29, 0.717) is 19.4 Å². The van der Waals surface area contributed by atoms with Gasteiger partial charge in [0.05, 0.1) is 25.4 Å². The number of aliphatic hydroxyl groups excluding tert-OH is 2. The zero-order valence-electron chi connectivity index (χ0n) is 49.1. The molecule has 0 aromatic rings. The van der Waals surface area contributed by atoms with E-state index in [-0.39, 0.29) is 18.5 Å². The molecule has 6 nitrogen and oxygen atoms in total. The fraction of sp³-hybridized carbons (Fsp3) is 0.881. The molecular weight excluding hydrogens is 899 g/mol. The molecule has 73 heavy (non-hydrogen) atoms. The summed E-state index contributed by atoms with van der Waals surface area (Å²) in [7, 11) is 0. The Hall–Kier alpha value is -1.92. The number of carbonyl (C=O) groups is 2. The van der Waals surface area contributed by atoms with Crippen LogP contribution in [0.2, 0.25) is 0 Å². The number of nitrogens with one attached hydrogen (secondary N) is 1. The van der Waals surface area contributed by atoms with Crippen LogP contribution in [0.15, 0.2) is 36.5 Å². The first-order valence-electron chi connectivity index (χ1n) is 32.8. The predicted octanol–water partition coefficient (Wildman–Crippen LogP) is 20.8. The van der Waals surface area contributed by atoms with Crippen molar-refractivity contribution in [3.05, 3.63) is 36.5 Å². The second-order valence-corrected chi connectivity index (χ2v) is 22.4. The zero-order valence-corrected chi connectivity index (χ0v) is 49.1. The van der Waals surface area contributed by atoms with Gasteiger partial charge < -0.3 is 20.3 Å². The number of esters is 1. The summed E-state index contributed by atoms with van der Waals surface area (Å²) >= 11 is 0. The highest BCUT2D eigenvalue weighted by atomic mass is 16.5. The maximum atomic E-state index is 12.5. The van der Waals surface area contributed by atoms with E-state index in [1.165, 1.54) is 283 Å². The molecule has 2 unspecified atom stereocenters. The Morgan fingerprint density at radius 1 is 0.370 bits per heavy atom. The SMILES string of the molecule is CCCC/C=C\CCCCCCCC(=O)OCCCCCCCCCCCCCC/C=C\CCCCCCCCCCCC(=O)NC(CO)C(O)/C=C/CCCCCCCCCCCCCCCCCCCC. The van der Waals surface area contributed by atoms with Gasteiger partial charge >= 0.3 is 5.97 Å². The molecule has 0 fully saturated rings. The fourth-order valence-electron chi connectivity index (χ4n) is 10.1. The van der Waals surface area contributed by atoms with E-state index < -0.39 is 12.1 Å². The molecule has 0 heterocycles. The smallest absolute Gasteiger partial charge is 0.305 e. The number of allylic oxidation sites excluding steroid dienone is 5. The van der Waals surface area contributed by atoms with Crippen LogP contribution < -0.4 is 5.32 Å². The first-order valence-corrected chi connectivity index (χ1v) is 32.8. The lowest BCUT2D eigenvalue weighted by Gasteiger charge is -2.20. The Kier molecular flexibility index (Phi) is 61.0. The highest BCUT2D eigenvalue weighted by Gasteiger charge is 2.18. The molecule has 0 aromatic heterocycles. The van der Waals surface area contributed by atoms with Gasteiger partial charge in [0, 0.05) is 12.8 Å². The highest BCUT2D eigenvalue weighted by molar-refractivity contribution is 5.76. The van der Waals surface area contributed by atoms with Crippen LogP contribution >= 0.6 is 0 Å². The average molecular weight is 1030 g/mol. The molecular formula is C67H127NO5. The van der Waals surface area contributed by atoms with Crippen molar-refractivity contribution in [3.8, 4) is 0 Å². The molecule has 430 valence electrons. The molecule has 0 aliphatic rings. The number of rotatable bonds is 61. The van der Waals surface area contributed by atoms with E-state index in [1.807, 2.05) is 6.08 Å². The molecule has 0 aromatic carbocycles. The Morgan fingerprint density at radius 3 is 1.01 bits per heavy atom. The van der Waals surface area contributed by atoms with Crippen LogP contribution in [0.1, 0.15) is 354 Å². The van der Waals surface area contributed by atoms with Gasteiger partial charge in [-0.05, 0) is 77.0 Å². The highest BCUT2D eigenvalue weighted by Crippen LogP contribution is 2.18. The summed E-state index contributed by atoms with van der Waals surface area (Å²) in [4.78, 5) is 24.5. The summed E-state index contributed by atoms with van der Waals surface area (Å²) in [5, 5.41) is 23.2. The number of amides is 1. The van der Waals surface area contributed by atoms with E-state index in [9.17, 15) is 19.8 Å². The molecule has 0 radical (unpaired) electrons. The summed E-state index contributed by atoms with van der Waals surface area (Å²) in [6.45, 7) is 4.89. The predicted molar refractivity (Wildman–Crippen MR) is 319 cm³/mol. The van der Waals surface area contributed by atoms with Crippen molar-refractivity contribution >= 4 is 11.9 Å². The maximum Gasteiger partial charge on any atom is 0.305 e. The molecule has 0 aliphatic heterocycles. The fourth-order valence-corrected chi connectivity index (χ4v) is 10.1. The lowest BCUT2D eigenvalue weighted by molar-refractivity contribution is -0.143. The molecule has 0 saturated heterocycles. The maximum absolute atomic E-state index is 12.5. The van der Waals surface area contributed by atoms with E-state index in [0.717, 1.165) is 44.9 Å². The standard InChI is InChI=1S/C67H127NO5/c1-3-5-7-9-11-13-15-16-17-18-19-27-30-33-36-40-43-47-51-55-59-65(70)64(63-69)68-66(71)60-56-52-48-44-41-37-34-31-28-25-23-21-20-22-24-26-29-32-35-38-42-46-50-54-58-62-73-67(72)61-57-53-49-45-39-14-12-10-8-6-4-2/h10,12,21,23,55,59,64-65,69-70H,3-9,11,13-20,22,24-54,56-58,60-63H2,1-2H3,(H,68,71)/b12-10-,23-21-,59-55+. The molecule has 1 amide bonds. The van der Waals surface area contributed by atoms with Gasteiger partial charge in [-0.3, -0.25) is 9.59 Å². The minimum atomic E-state index is -0.847. The largest absolute Gasteiger partial charge is 0.466 e. The number of unbranched alkanes of at least 4 members (excludes halogenated alkanes) is 46. The third-order valence-electron chi connectivity index (χ3n) is 15.1. The van der Waals surface area contributed by atoms with Crippen LogP contribution in [0, 0.1) is 0 Å². The normalized spacial score (nSPS) is 12.8. The van der Waals surface area contributed by atoms with Gasteiger partial charge in [0.2, 0.25) is 5.91 Å². The Bertz CT molecular complexity index is 1180. The molecule has 0 rings (SSSR count). The average Bonchev–Trinajstić information content (AvgIpc) is 3.39. The summed E-state index contributed by atoms with van der Waals surface area (Å²) in [6, 6.07) is -0.631.